The normalized spacial score (nSPS) is 16.8. The van der Waals surface area contributed by atoms with Crippen LogP contribution in [-0.4, -0.2) is 45.8 Å². The molecular weight excluding hydrogens is 368 g/mol. The summed E-state index contributed by atoms with van der Waals surface area (Å²) in [5.74, 6) is 2.59. The molecule has 7 heteroatoms. The standard InChI is InChI=1S/C22H26N4O3/c1-16-11-24-26(13-16)15-21(27)25-8-4-6-18(14-25)22-23-12-20(29-22)10-17-5-3-7-19(9-17)28-2/h3,5,7,9,11-13,18H,4,6,8,10,14-15H2,1-2H3/t18-/m0/s1. The van der Waals surface area contributed by atoms with E-state index in [1.807, 2.05) is 42.3 Å². The number of hydrogen-bond acceptors (Lipinski definition) is 5. The molecule has 0 aliphatic carbocycles. The smallest absolute Gasteiger partial charge is 0.244 e. The van der Waals surface area contributed by atoms with E-state index in [4.69, 9.17) is 9.15 Å². The van der Waals surface area contributed by atoms with Crippen molar-refractivity contribution < 1.29 is 13.9 Å². The van der Waals surface area contributed by atoms with Crippen molar-refractivity contribution in [2.75, 3.05) is 20.2 Å². The van der Waals surface area contributed by atoms with Crippen molar-refractivity contribution in [2.45, 2.75) is 38.6 Å². The van der Waals surface area contributed by atoms with Crippen LogP contribution in [0.3, 0.4) is 0 Å². The number of likely N-dealkylation sites (tertiary alicyclic amines) is 1. The lowest BCUT2D eigenvalue weighted by atomic mass is 9.98. The summed E-state index contributed by atoms with van der Waals surface area (Å²) in [7, 11) is 1.66. The van der Waals surface area contributed by atoms with Crippen LogP contribution >= 0.6 is 0 Å². The number of carbonyl (C=O) groups is 1. The molecule has 0 spiro atoms. The van der Waals surface area contributed by atoms with Gasteiger partial charge in [0.05, 0.1) is 25.4 Å². The molecule has 1 aliphatic heterocycles. The monoisotopic (exact) mass is 394 g/mol. The topological polar surface area (TPSA) is 73.4 Å². The van der Waals surface area contributed by atoms with Crippen LogP contribution in [0.15, 0.2) is 47.3 Å². The Morgan fingerprint density at radius 1 is 1.34 bits per heavy atom. The third-order valence-corrected chi connectivity index (χ3v) is 5.27. The highest BCUT2D eigenvalue weighted by molar-refractivity contribution is 5.76. The summed E-state index contributed by atoms with van der Waals surface area (Å²) in [6.07, 6.45) is 8.04. The quantitative estimate of drug-likeness (QED) is 0.642. The van der Waals surface area contributed by atoms with Crippen LogP contribution in [0.5, 0.6) is 5.75 Å². The minimum atomic E-state index is 0.0842. The third-order valence-electron chi connectivity index (χ3n) is 5.27. The van der Waals surface area contributed by atoms with Gasteiger partial charge in [0.1, 0.15) is 18.1 Å². The van der Waals surface area contributed by atoms with E-state index in [1.54, 1.807) is 24.2 Å². The molecule has 7 nitrogen and oxygen atoms in total. The van der Waals surface area contributed by atoms with Gasteiger partial charge in [-0.25, -0.2) is 4.98 Å². The molecule has 0 radical (unpaired) electrons. The number of aromatic nitrogens is 3. The number of hydrogen-bond donors (Lipinski definition) is 0. The van der Waals surface area contributed by atoms with Crippen LogP contribution in [0.2, 0.25) is 0 Å². The number of methoxy groups -OCH3 is 1. The first kappa shape index (κ1) is 19.2. The SMILES string of the molecule is COc1cccc(Cc2cnc([C@H]3CCCN(C(=O)Cn4cc(C)cn4)C3)o2)c1. The van der Waals surface area contributed by atoms with Crippen LogP contribution < -0.4 is 4.74 Å². The van der Waals surface area contributed by atoms with Crippen LogP contribution in [0.25, 0.3) is 0 Å². The van der Waals surface area contributed by atoms with E-state index >= 15 is 0 Å². The largest absolute Gasteiger partial charge is 0.497 e. The summed E-state index contributed by atoms with van der Waals surface area (Å²) < 4.78 is 13.0. The van der Waals surface area contributed by atoms with E-state index in [1.165, 1.54) is 0 Å². The fourth-order valence-electron chi connectivity index (χ4n) is 3.77. The van der Waals surface area contributed by atoms with Crippen LogP contribution in [0.4, 0.5) is 0 Å². The summed E-state index contributed by atoms with van der Waals surface area (Å²) in [6.45, 7) is 3.65. The summed E-state index contributed by atoms with van der Waals surface area (Å²) in [5.41, 5.74) is 2.17. The predicted octanol–water partition coefficient (Wildman–Crippen LogP) is 3.19. The minimum Gasteiger partial charge on any atom is -0.497 e. The molecule has 3 aromatic rings. The number of benzene rings is 1. The number of rotatable bonds is 6. The molecule has 1 amide bonds. The molecule has 0 N–H and O–H groups in total. The van der Waals surface area contributed by atoms with E-state index in [2.05, 4.69) is 10.1 Å². The Morgan fingerprint density at radius 2 is 2.24 bits per heavy atom. The van der Waals surface area contributed by atoms with Crippen molar-refractivity contribution in [3.8, 4) is 5.75 Å². The first-order valence-electron chi connectivity index (χ1n) is 9.95. The van der Waals surface area contributed by atoms with Gasteiger partial charge in [-0.3, -0.25) is 9.48 Å². The van der Waals surface area contributed by atoms with Crippen LogP contribution in [-0.2, 0) is 17.8 Å². The van der Waals surface area contributed by atoms with Crippen molar-refractivity contribution in [2.24, 2.45) is 0 Å². The number of oxazole rings is 1. The molecule has 1 fully saturated rings. The average molecular weight is 394 g/mol. The zero-order valence-electron chi connectivity index (χ0n) is 16.9. The molecule has 3 heterocycles. The number of piperidine rings is 1. The van der Waals surface area contributed by atoms with E-state index < -0.39 is 0 Å². The van der Waals surface area contributed by atoms with E-state index in [9.17, 15) is 4.79 Å². The van der Waals surface area contributed by atoms with Gasteiger partial charge in [0, 0.05) is 25.7 Å². The Hall–Kier alpha value is -3.09. The molecule has 29 heavy (non-hydrogen) atoms. The lowest BCUT2D eigenvalue weighted by molar-refractivity contribution is -0.133. The molecule has 0 bridgehead atoms. The summed E-state index contributed by atoms with van der Waals surface area (Å²) >= 11 is 0. The molecule has 152 valence electrons. The lowest BCUT2D eigenvalue weighted by Gasteiger charge is -2.31. The molecule has 2 aromatic heterocycles. The fourth-order valence-corrected chi connectivity index (χ4v) is 3.77. The maximum absolute atomic E-state index is 12.7. The van der Waals surface area contributed by atoms with Gasteiger partial charge >= 0.3 is 0 Å². The molecule has 1 saturated heterocycles. The summed E-state index contributed by atoms with van der Waals surface area (Å²) in [4.78, 5) is 19.1. The lowest BCUT2D eigenvalue weighted by Crippen LogP contribution is -2.41. The van der Waals surface area contributed by atoms with E-state index in [0.29, 0.717) is 13.0 Å². The Kier molecular flexibility index (Phi) is 5.64. The highest BCUT2D eigenvalue weighted by atomic mass is 16.5. The Morgan fingerprint density at radius 3 is 3.03 bits per heavy atom. The number of aryl methyl sites for hydroxylation is 1. The maximum atomic E-state index is 12.7. The minimum absolute atomic E-state index is 0.0842. The average Bonchev–Trinajstić information content (AvgIpc) is 3.37. The first-order valence-corrected chi connectivity index (χ1v) is 9.95. The first-order chi connectivity index (χ1) is 14.1. The Labute approximate surface area is 170 Å². The zero-order valence-corrected chi connectivity index (χ0v) is 16.9. The summed E-state index contributed by atoms with van der Waals surface area (Å²) in [6, 6.07) is 7.94. The maximum Gasteiger partial charge on any atom is 0.244 e. The van der Waals surface area contributed by atoms with Gasteiger partial charge in [0.25, 0.3) is 0 Å². The molecule has 1 atom stereocenters. The fraction of sp³-hybridized carbons (Fsp3) is 0.409. The van der Waals surface area contributed by atoms with Gasteiger partial charge in [-0.1, -0.05) is 12.1 Å². The molecular formula is C22H26N4O3. The molecule has 0 saturated carbocycles. The van der Waals surface area contributed by atoms with E-state index in [0.717, 1.165) is 47.9 Å². The van der Waals surface area contributed by atoms with Crippen molar-refractivity contribution in [3.63, 3.8) is 0 Å². The number of carbonyl (C=O) groups excluding carboxylic acids is 1. The highest BCUT2D eigenvalue weighted by Crippen LogP contribution is 2.27. The van der Waals surface area contributed by atoms with Crippen molar-refractivity contribution in [3.05, 3.63) is 65.6 Å². The second-order valence-electron chi connectivity index (χ2n) is 7.59. The van der Waals surface area contributed by atoms with Crippen LogP contribution in [0, 0.1) is 6.92 Å². The second kappa shape index (κ2) is 8.51. The van der Waals surface area contributed by atoms with Gasteiger partial charge < -0.3 is 14.1 Å². The van der Waals surface area contributed by atoms with Gasteiger partial charge in [-0.2, -0.15) is 5.10 Å². The van der Waals surface area contributed by atoms with Gasteiger partial charge in [0.15, 0.2) is 5.89 Å². The Bertz CT molecular complexity index is 978. The van der Waals surface area contributed by atoms with E-state index in [-0.39, 0.29) is 18.4 Å². The van der Waals surface area contributed by atoms with Crippen molar-refractivity contribution in [1.82, 2.24) is 19.7 Å². The molecule has 1 aliphatic rings. The van der Waals surface area contributed by atoms with Gasteiger partial charge in [-0.15, -0.1) is 0 Å². The Balaban J connectivity index is 1.39. The van der Waals surface area contributed by atoms with Crippen LogP contribution in [0.1, 0.15) is 41.5 Å². The van der Waals surface area contributed by atoms with Crippen molar-refractivity contribution in [1.29, 1.82) is 0 Å². The number of ether oxygens (including phenoxy) is 1. The molecule has 0 unspecified atom stereocenters. The molecule has 4 rings (SSSR count). The predicted molar refractivity (Wildman–Crippen MR) is 108 cm³/mol. The second-order valence-corrected chi connectivity index (χ2v) is 7.59. The van der Waals surface area contributed by atoms with Crippen molar-refractivity contribution >= 4 is 5.91 Å². The summed E-state index contributed by atoms with van der Waals surface area (Å²) in [5, 5.41) is 4.21. The van der Waals surface area contributed by atoms with Gasteiger partial charge in [0.2, 0.25) is 5.91 Å². The number of nitrogens with zero attached hydrogens (tertiary/aromatic N) is 4. The zero-order chi connectivity index (χ0) is 20.2. The molecule has 1 aromatic carbocycles. The third kappa shape index (κ3) is 4.67. The van der Waals surface area contributed by atoms with Gasteiger partial charge in [-0.05, 0) is 43.0 Å². The number of amides is 1. The highest BCUT2D eigenvalue weighted by Gasteiger charge is 2.28.